The molecule has 0 spiro atoms. The second-order valence-corrected chi connectivity index (χ2v) is 5.59. The van der Waals surface area contributed by atoms with Crippen molar-refractivity contribution in [2.24, 2.45) is 5.92 Å². The number of carbonyl (C=O) groups excluding carboxylic acids is 1. The molecular weight excluding hydrogens is 254 g/mol. The Bertz CT molecular complexity index is 514. The molecule has 6 heteroatoms. The van der Waals surface area contributed by atoms with E-state index in [4.69, 9.17) is 0 Å². The lowest BCUT2D eigenvalue weighted by Gasteiger charge is -2.22. The summed E-state index contributed by atoms with van der Waals surface area (Å²) in [6.07, 6.45) is 5.81. The van der Waals surface area contributed by atoms with Crippen LogP contribution in [0.2, 0.25) is 0 Å². The van der Waals surface area contributed by atoms with E-state index in [0.29, 0.717) is 12.5 Å². The quantitative estimate of drug-likeness (QED) is 0.713. The Balaban J connectivity index is 1.66. The molecule has 0 radical (unpaired) electrons. The number of aromatic nitrogens is 2. The summed E-state index contributed by atoms with van der Waals surface area (Å²) >= 11 is 0. The zero-order chi connectivity index (χ0) is 14.6. The molecule has 0 aliphatic heterocycles. The average molecular weight is 275 g/mol. The Morgan fingerprint density at radius 3 is 2.95 bits per heavy atom. The molecule has 2 rings (SSSR count). The SMILES string of the molecule is Cc1cnn(CCNCC(=O)N[C@@](C)(C#N)C2CC2)c1. The molecule has 0 unspecified atom stereocenters. The van der Waals surface area contributed by atoms with Crippen molar-refractivity contribution in [3.63, 3.8) is 0 Å². The third-order valence-electron chi connectivity index (χ3n) is 3.59. The predicted octanol–water partition coefficient (Wildman–Crippen LogP) is 0.590. The molecule has 1 aliphatic rings. The largest absolute Gasteiger partial charge is 0.337 e. The topological polar surface area (TPSA) is 82.7 Å². The van der Waals surface area contributed by atoms with E-state index in [-0.39, 0.29) is 12.5 Å². The van der Waals surface area contributed by atoms with Gasteiger partial charge in [0.05, 0.1) is 25.4 Å². The van der Waals surface area contributed by atoms with Gasteiger partial charge in [-0.25, -0.2) is 0 Å². The van der Waals surface area contributed by atoms with Gasteiger partial charge in [0, 0.05) is 12.7 Å². The van der Waals surface area contributed by atoms with Gasteiger partial charge in [-0.05, 0) is 38.2 Å². The standard InChI is InChI=1S/C14H21N5O/c1-11-7-17-19(9-11)6-5-16-8-13(20)18-14(2,10-15)12-3-4-12/h7,9,12,16H,3-6,8H2,1-2H3,(H,18,20)/t14-/m0/s1. The summed E-state index contributed by atoms with van der Waals surface area (Å²) in [5.74, 6) is 0.182. The molecule has 1 aromatic rings. The van der Waals surface area contributed by atoms with Crippen LogP contribution in [0.1, 0.15) is 25.3 Å². The Hall–Kier alpha value is -1.87. The molecule has 20 heavy (non-hydrogen) atoms. The number of nitriles is 1. The minimum absolute atomic E-state index is 0.127. The fraction of sp³-hybridized carbons (Fsp3) is 0.643. The Labute approximate surface area is 119 Å². The lowest BCUT2D eigenvalue weighted by atomic mass is 9.98. The van der Waals surface area contributed by atoms with Crippen LogP contribution in [-0.4, -0.2) is 34.3 Å². The molecule has 0 bridgehead atoms. The molecule has 1 atom stereocenters. The van der Waals surface area contributed by atoms with Gasteiger partial charge in [0.15, 0.2) is 0 Å². The van der Waals surface area contributed by atoms with Crippen LogP contribution in [0.4, 0.5) is 0 Å². The van der Waals surface area contributed by atoms with Crippen molar-refractivity contribution in [3.05, 3.63) is 18.0 Å². The maximum absolute atomic E-state index is 11.8. The lowest BCUT2D eigenvalue weighted by molar-refractivity contribution is -0.121. The molecule has 1 aromatic heterocycles. The zero-order valence-corrected chi connectivity index (χ0v) is 12.0. The molecule has 108 valence electrons. The van der Waals surface area contributed by atoms with Crippen molar-refractivity contribution in [1.82, 2.24) is 20.4 Å². The summed E-state index contributed by atoms with van der Waals surface area (Å²) in [5, 5.41) is 19.2. The lowest BCUT2D eigenvalue weighted by Crippen LogP contribution is -2.49. The molecule has 0 saturated heterocycles. The third-order valence-corrected chi connectivity index (χ3v) is 3.59. The minimum Gasteiger partial charge on any atom is -0.337 e. The first kappa shape index (κ1) is 14.5. The Kier molecular flexibility index (Phi) is 4.40. The molecule has 6 nitrogen and oxygen atoms in total. The van der Waals surface area contributed by atoms with Crippen molar-refractivity contribution in [2.45, 2.75) is 38.8 Å². The Morgan fingerprint density at radius 2 is 2.40 bits per heavy atom. The van der Waals surface area contributed by atoms with Gasteiger partial charge in [-0.2, -0.15) is 10.4 Å². The van der Waals surface area contributed by atoms with Crippen LogP contribution in [0, 0.1) is 24.2 Å². The van der Waals surface area contributed by atoms with E-state index < -0.39 is 5.54 Å². The summed E-state index contributed by atoms with van der Waals surface area (Å²) in [6, 6.07) is 2.22. The smallest absolute Gasteiger partial charge is 0.235 e. The highest BCUT2D eigenvalue weighted by Gasteiger charge is 2.42. The number of nitrogens with one attached hydrogen (secondary N) is 2. The second kappa shape index (κ2) is 6.06. The van der Waals surface area contributed by atoms with Crippen LogP contribution in [0.15, 0.2) is 12.4 Å². The highest BCUT2D eigenvalue weighted by atomic mass is 16.2. The van der Waals surface area contributed by atoms with Crippen molar-refractivity contribution in [3.8, 4) is 6.07 Å². The van der Waals surface area contributed by atoms with E-state index in [2.05, 4.69) is 21.8 Å². The van der Waals surface area contributed by atoms with Crippen molar-refractivity contribution in [2.75, 3.05) is 13.1 Å². The number of carbonyl (C=O) groups is 1. The number of nitrogens with zero attached hydrogens (tertiary/aromatic N) is 3. The van der Waals surface area contributed by atoms with Crippen molar-refractivity contribution < 1.29 is 4.79 Å². The molecule has 1 fully saturated rings. The number of hydrogen-bond donors (Lipinski definition) is 2. The monoisotopic (exact) mass is 275 g/mol. The normalized spacial score (nSPS) is 17.2. The summed E-state index contributed by atoms with van der Waals surface area (Å²) in [4.78, 5) is 11.8. The van der Waals surface area contributed by atoms with Crippen molar-refractivity contribution >= 4 is 5.91 Å². The van der Waals surface area contributed by atoms with Gasteiger partial charge in [-0.3, -0.25) is 9.48 Å². The van der Waals surface area contributed by atoms with E-state index in [1.165, 1.54) is 0 Å². The van der Waals surface area contributed by atoms with Gasteiger partial charge in [0.1, 0.15) is 5.54 Å². The van der Waals surface area contributed by atoms with E-state index in [9.17, 15) is 10.1 Å². The fourth-order valence-electron chi connectivity index (χ4n) is 2.20. The first-order valence-corrected chi connectivity index (χ1v) is 6.95. The first-order chi connectivity index (χ1) is 9.53. The van der Waals surface area contributed by atoms with Crippen molar-refractivity contribution in [1.29, 1.82) is 5.26 Å². The number of aryl methyl sites for hydroxylation is 1. The second-order valence-electron chi connectivity index (χ2n) is 5.59. The minimum atomic E-state index is -0.710. The van der Waals surface area contributed by atoms with Crippen LogP contribution in [0.5, 0.6) is 0 Å². The van der Waals surface area contributed by atoms with E-state index in [0.717, 1.165) is 24.9 Å². The van der Waals surface area contributed by atoms with Gasteiger partial charge in [-0.1, -0.05) is 0 Å². The molecule has 1 amide bonds. The van der Waals surface area contributed by atoms with Gasteiger partial charge in [0.25, 0.3) is 0 Å². The highest BCUT2D eigenvalue weighted by Crippen LogP contribution is 2.39. The van der Waals surface area contributed by atoms with Gasteiger partial charge >= 0.3 is 0 Å². The van der Waals surface area contributed by atoms with E-state index in [1.54, 1.807) is 13.1 Å². The summed E-state index contributed by atoms with van der Waals surface area (Å²) in [5.41, 5.74) is 0.412. The van der Waals surface area contributed by atoms with E-state index in [1.807, 2.05) is 17.8 Å². The molecular formula is C14H21N5O. The van der Waals surface area contributed by atoms with Gasteiger partial charge < -0.3 is 10.6 Å². The van der Waals surface area contributed by atoms with Crippen LogP contribution in [-0.2, 0) is 11.3 Å². The molecule has 1 aliphatic carbocycles. The van der Waals surface area contributed by atoms with Crippen LogP contribution < -0.4 is 10.6 Å². The number of hydrogen-bond acceptors (Lipinski definition) is 4. The van der Waals surface area contributed by atoms with Crippen LogP contribution >= 0.6 is 0 Å². The first-order valence-electron chi connectivity index (χ1n) is 6.95. The van der Waals surface area contributed by atoms with E-state index >= 15 is 0 Å². The molecule has 0 aromatic carbocycles. The number of rotatable bonds is 7. The van der Waals surface area contributed by atoms with Crippen LogP contribution in [0.25, 0.3) is 0 Å². The van der Waals surface area contributed by atoms with Crippen LogP contribution in [0.3, 0.4) is 0 Å². The zero-order valence-electron chi connectivity index (χ0n) is 12.0. The van der Waals surface area contributed by atoms with Gasteiger partial charge in [-0.15, -0.1) is 0 Å². The molecule has 2 N–H and O–H groups in total. The summed E-state index contributed by atoms with van der Waals surface area (Å²) in [6.45, 7) is 5.41. The third kappa shape index (κ3) is 3.81. The Morgan fingerprint density at radius 1 is 1.65 bits per heavy atom. The average Bonchev–Trinajstić information content (AvgIpc) is 3.19. The molecule has 1 saturated carbocycles. The maximum atomic E-state index is 11.8. The summed E-state index contributed by atoms with van der Waals surface area (Å²) in [7, 11) is 0. The fourth-order valence-corrected chi connectivity index (χ4v) is 2.20. The summed E-state index contributed by atoms with van der Waals surface area (Å²) < 4.78 is 1.84. The van der Waals surface area contributed by atoms with Gasteiger partial charge in [0.2, 0.25) is 5.91 Å². The molecule has 1 heterocycles. The predicted molar refractivity (Wildman–Crippen MR) is 74.7 cm³/mol. The highest BCUT2D eigenvalue weighted by molar-refractivity contribution is 5.79. The number of amides is 1. The maximum Gasteiger partial charge on any atom is 0.235 e.